The van der Waals surface area contributed by atoms with Crippen molar-refractivity contribution in [3.8, 4) is 5.75 Å². The van der Waals surface area contributed by atoms with Gasteiger partial charge in [0.05, 0.1) is 13.3 Å². The first-order valence-corrected chi connectivity index (χ1v) is 4.44. The second kappa shape index (κ2) is 5.70. The molecule has 0 radical (unpaired) electrons. The zero-order valence-corrected chi connectivity index (χ0v) is 8.81. The Kier molecular flexibility index (Phi) is 4.22. The molecule has 80 valence electrons. The summed E-state index contributed by atoms with van der Waals surface area (Å²) in [5.74, 6) is 0.804. The van der Waals surface area contributed by atoms with Gasteiger partial charge in [-0.15, -0.1) is 0 Å². The number of allylic oxidation sites excluding steroid dienone is 1. The van der Waals surface area contributed by atoms with E-state index in [4.69, 9.17) is 10.5 Å². The summed E-state index contributed by atoms with van der Waals surface area (Å²) in [4.78, 5) is 4.59. The van der Waals surface area contributed by atoms with Crippen molar-refractivity contribution in [1.82, 2.24) is 0 Å². The van der Waals surface area contributed by atoms with Gasteiger partial charge in [-0.1, -0.05) is 17.3 Å². The lowest BCUT2D eigenvalue weighted by Gasteiger charge is -2.03. The van der Waals surface area contributed by atoms with Gasteiger partial charge in [0.2, 0.25) is 0 Å². The Labute approximate surface area is 89.0 Å². The number of benzene rings is 1. The van der Waals surface area contributed by atoms with Gasteiger partial charge < -0.3 is 15.3 Å². The van der Waals surface area contributed by atoms with Crippen LogP contribution in [0.1, 0.15) is 5.56 Å². The molecule has 4 nitrogen and oxygen atoms in total. The van der Waals surface area contributed by atoms with E-state index in [0.717, 1.165) is 16.9 Å². The van der Waals surface area contributed by atoms with Gasteiger partial charge in [-0.05, 0) is 17.7 Å². The monoisotopic (exact) mass is 206 g/mol. The van der Waals surface area contributed by atoms with Crippen LogP contribution in [0.25, 0.3) is 5.57 Å². The molecular weight excluding hydrogens is 192 g/mol. The van der Waals surface area contributed by atoms with Gasteiger partial charge in [0.15, 0.2) is 0 Å². The fraction of sp³-hybridized carbons (Fsp3) is 0.182. The molecule has 0 amide bonds. The molecule has 0 bridgehead atoms. The second-order valence-electron chi connectivity index (χ2n) is 2.77. The van der Waals surface area contributed by atoms with Gasteiger partial charge in [0.25, 0.3) is 0 Å². The van der Waals surface area contributed by atoms with Crippen molar-refractivity contribution >= 4 is 11.8 Å². The average molecular weight is 206 g/mol. The van der Waals surface area contributed by atoms with Crippen molar-refractivity contribution in [2.75, 3.05) is 14.2 Å². The second-order valence-corrected chi connectivity index (χ2v) is 2.77. The Morgan fingerprint density at radius 3 is 2.40 bits per heavy atom. The molecule has 1 aromatic carbocycles. The molecule has 0 spiro atoms. The number of oxime groups is 1. The van der Waals surface area contributed by atoms with Crippen molar-refractivity contribution in [2.24, 2.45) is 10.9 Å². The van der Waals surface area contributed by atoms with Crippen LogP contribution in [0.2, 0.25) is 0 Å². The molecule has 1 rings (SSSR count). The van der Waals surface area contributed by atoms with E-state index < -0.39 is 0 Å². The highest BCUT2D eigenvalue weighted by Gasteiger charge is 1.98. The van der Waals surface area contributed by atoms with E-state index in [9.17, 15) is 0 Å². The first-order chi connectivity index (χ1) is 7.31. The maximum absolute atomic E-state index is 5.48. The summed E-state index contributed by atoms with van der Waals surface area (Å²) >= 11 is 0. The van der Waals surface area contributed by atoms with E-state index in [-0.39, 0.29) is 0 Å². The third-order valence-corrected chi connectivity index (χ3v) is 1.90. The molecule has 0 unspecified atom stereocenters. The lowest BCUT2D eigenvalue weighted by Crippen LogP contribution is -1.92. The van der Waals surface area contributed by atoms with Gasteiger partial charge in [-0.25, -0.2) is 0 Å². The third-order valence-electron chi connectivity index (χ3n) is 1.90. The number of nitrogens with zero attached hydrogens (tertiary/aromatic N) is 1. The van der Waals surface area contributed by atoms with Gasteiger partial charge in [0, 0.05) is 11.8 Å². The predicted molar refractivity (Wildman–Crippen MR) is 60.7 cm³/mol. The van der Waals surface area contributed by atoms with Crippen LogP contribution < -0.4 is 10.5 Å². The number of ether oxygens (including phenoxy) is 1. The van der Waals surface area contributed by atoms with E-state index in [1.54, 1.807) is 13.3 Å². The van der Waals surface area contributed by atoms with Crippen LogP contribution in [-0.4, -0.2) is 20.4 Å². The number of rotatable bonds is 4. The maximum atomic E-state index is 5.48. The molecule has 0 saturated carbocycles. The average Bonchev–Trinajstić information content (AvgIpc) is 2.31. The van der Waals surface area contributed by atoms with Crippen LogP contribution in [-0.2, 0) is 4.84 Å². The highest BCUT2D eigenvalue weighted by Crippen LogP contribution is 2.16. The summed E-state index contributed by atoms with van der Waals surface area (Å²) in [6.45, 7) is 0. The number of hydrogen-bond acceptors (Lipinski definition) is 4. The maximum Gasteiger partial charge on any atom is 0.118 e. The lowest BCUT2D eigenvalue weighted by molar-refractivity contribution is 0.216. The number of nitrogens with two attached hydrogens (primary N) is 1. The van der Waals surface area contributed by atoms with Gasteiger partial charge in [-0.2, -0.15) is 0 Å². The molecule has 0 atom stereocenters. The molecular formula is C11H14N2O2. The summed E-state index contributed by atoms with van der Waals surface area (Å²) in [5.41, 5.74) is 7.22. The van der Waals surface area contributed by atoms with Crippen LogP contribution >= 0.6 is 0 Å². The quantitative estimate of drug-likeness (QED) is 0.601. The highest BCUT2D eigenvalue weighted by molar-refractivity contribution is 6.09. The van der Waals surface area contributed by atoms with Crippen LogP contribution in [0, 0.1) is 0 Å². The third kappa shape index (κ3) is 3.02. The van der Waals surface area contributed by atoms with Crippen LogP contribution in [0.4, 0.5) is 0 Å². The summed E-state index contributed by atoms with van der Waals surface area (Å²) in [6, 6.07) is 7.53. The Morgan fingerprint density at radius 1 is 1.27 bits per heavy atom. The Balaban J connectivity index is 2.89. The molecule has 2 N–H and O–H groups in total. The molecule has 0 heterocycles. The SMILES string of the molecule is CON=CC(=CN)c1ccc(OC)cc1. The molecule has 15 heavy (non-hydrogen) atoms. The van der Waals surface area contributed by atoms with Crippen LogP contribution in [0.5, 0.6) is 5.75 Å². The van der Waals surface area contributed by atoms with Crippen LogP contribution in [0.15, 0.2) is 35.6 Å². The van der Waals surface area contributed by atoms with Crippen molar-refractivity contribution < 1.29 is 9.57 Å². The zero-order chi connectivity index (χ0) is 11.1. The van der Waals surface area contributed by atoms with Crippen molar-refractivity contribution in [2.45, 2.75) is 0 Å². The van der Waals surface area contributed by atoms with Crippen LogP contribution in [0.3, 0.4) is 0 Å². The fourth-order valence-corrected chi connectivity index (χ4v) is 1.11. The van der Waals surface area contributed by atoms with Crippen molar-refractivity contribution in [3.05, 3.63) is 36.0 Å². The van der Waals surface area contributed by atoms with E-state index >= 15 is 0 Å². The molecule has 0 saturated heterocycles. The molecule has 0 aliphatic carbocycles. The number of hydrogen-bond donors (Lipinski definition) is 1. The summed E-state index contributed by atoms with van der Waals surface area (Å²) in [5, 5.41) is 3.66. The predicted octanol–water partition coefficient (Wildman–Crippen LogP) is 1.63. The first-order valence-electron chi connectivity index (χ1n) is 4.44. The Bertz CT molecular complexity index is 355. The fourth-order valence-electron chi connectivity index (χ4n) is 1.11. The Morgan fingerprint density at radius 2 is 1.93 bits per heavy atom. The lowest BCUT2D eigenvalue weighted by atomic mass is 10.1. The summed E-state index contributed by atoms with van der Waals surface area (Å²) < 4.78 is 5.05. The smallest absolute Gasteiger partial charge is 0.118 e. The molecule has 0 aliphatic rings. The Hall–Kier alpha value is -1.97. The zero-order valence-electron chi connectivity index (χ0n) is 8.81. The molecule has 0 fully saturated rings. The normalized spacial score (nSPS) is 11.7. The molecule has 0 aliphatic heterocycles. The minimum absolute atomic E-state index is 0.791. The summed E-state index contributed by atoms with van der Waals surface area (Å²) in [6.07, 6.45) is 3.03. The van der Waals surface area contributed by atoms with Gasteiger partial charge in [-0.3, -0.25) is 0 Å². The highest BCUT2D eigenvalue weighted by atomic mass is 16.6. The molecule has 4 heteroatoms. The minimum Gasteiger partial charge on any atom is -0.497 e. The van der Waals surface area contributed by atoms with E-state index in [1.165, 1.54) is 13.3 Å². The van der Waals surface area contributed by atoms with Gasteiger partial charge >= 0.3 is 0 Å². The van der Waals surface area contributed by atoms with Gasteiger partial charge in [0.1, 0.15) is 12.9 Å². The van der Waals surface area contributed by atoms with Crippen molar-refractivity contribution in [3.63, 3.8) is 0 Å². The van der Waals surface area contributed by atoms with E-state index in [0.29, 0.717) is 0 Å². The van der Waals surface area contributed by atoms with E-state index in [1.807, 2.05) is 24.3 Å². The number of methoxy groups -OCH3 is 1. The van der Waals surface area contributed by atoms with Crippen molar-refractivity contribution in [1.29, 1.82) is 0 Å². The largest absolute Gasteiger partial charge is 0.497 e. The van der Waals surface area contributed by atoms with E-state index in [2.05, 4.69) is 9.99 Å². The minimum atomic E-state index is 0.791. The summed E-state index contributed by atoms with van der Waals surface area (Å²) in [7, 11) is 3.11. The molecule has 0 aromatic heterocycles. The first kappa shape index (κ1) is 11.1. The molecule has 1 aromatic rings. The standard InChI is InChI=1S/C11H14N2O2/c1-14-11-5-3-9(4-6-11)10(7-12)8-13-15-2/h3-8H,12H2,1-2H3. The topological polar surface area (TPSA) is 56.8 Å².